The van der Waals surface area contributed by atoms with Crippen molar-refractivity contribution in [3.63, 3.8) is 0 Å². The fourth-order valence-electron chi connectivity index (χ4n) is 3.02. The molecule has 0 saturated heterocycles. The van der Waals surface area contributed by atoms with E-state index in [0.29, 0.717) is 11.4 Å². The van der Waals surface area contributed by atoms with Crippen LogP contribution in [0.5, 0.6) is 0 Å². The Morgan fingerprint density at radius 2 is 1.90 bits per heavy atom. The number of anilines is 1. The Hall–Kier alpha value is -3.66. The van der Waals surface area contributed by atoms with E-state index in [1.807, 2.05) is 0 Å². The molecule has 10 heteroatoms. The molecular formula is C20H21N3O7. The first kappa shape index (κ1) is 21.1. The van der Waals surface area contributed by atoms with Gasteiger partial charge in [-0.3, -0.25) is 0 Å². The molecule has 0 fully saturated rings. The summed E-state index contributed by atoms with van der Waals surface area (Å²) in [5, 5.41) is 4.18. The van der Waals surface area contributed by atoms with Crippen LogP contribution in [-0.4, -0.2) is 61.9 Å². The first-order valence-electron chi connectivity index (χ1n) is 9.08. The summed E-state index contributed by atoms with van der Waals surface area (Å²) in [5.74, 6) is -2.09. The molecule has 0 amide bonds. The number of rotatable bonds is 6. The van der Waals surface area contributed by atoms with E-state index in [1.165, 1.54) is 19.1 Å². The number of esters is 3. The van der Waals surface area contributed by atoms with E-state index in [0.717, 1.165) is 0 Å². The molecule has 10 nitrogen and oxygen atoms in total. The minimum atomic E-state index is -0.766. The van der Waals surface area contributed by atoms with Crippen molar-refractivity contribution in [1.29, 1.82) is 0 Å². The van der Waals surface area contributed by atoms with E-state index >= 15 is 0 Å². The van der Waals surface area contributed by atoms with Crippen molar-refractivity contribution in [3.8, 4) is 5.69 Å². The lowest BCUT2D eigenvalue weighted by Gasteiger charge is -2.32. The van der Waals surface area contributed by atoms with Crippen LogP contribution in [0.3, 0.4) is 0 Å². The zero-order valence-electron chi connectivity index (χ0n) is 16.8. The van der Waals surface area contributed by atoms with Crippen LogP contribution in [0, 0.1) is 0 Å². The van der Waals surface area contributed by atoms with Gasteiger partial charge in [0.15, 0.2) is 0 Å². The molecule has 1 aliphatic rings. The highest BCUT2D eigenvalue weighted by Gasteiger charge is 2.34. The summed E-state index contributed by atoms with van der Waals surface area (Å²) in [5.41, 5.74) is 1.01. The van der Waals surface area contributed by atoms with Crippen LogP contribution in [0.4, 0.5) is 5.69 Å². The predicted molar refractivity (Wildman–Crippen MR) is 104 cm³/mol. The van der Waals surface area contributed by atoms with Crippen LogP contribution in [0.1, 0.15) is 17.3 Å². The summed E-state index contributed by atoms with van der Waals surface area (Å²) in [6, 6.07) is 6.64. The summed E-state index contributed by atoms with van der Waals surface area (Å²) in [4.78, 5) is 38.8. The Kier molecular flexibility index (Phi) is 6.48. The smallest absolute Gasteiger partial charge is 0.355 e. The third-order valence-electron chi connectivity index (χ3n) is 4.37. The molecule has 0 unspecified atom stereocenters. The van der Waals surface area contributed by atoms with Crippen molar-refractivity contribution >= 4 is 23.6 Å². The van der Waals surface area contributed by atoms with Gasteiger partial charge in [-0.1, -0.05) is 0 Å². The molecular weight excluding hydrogens is 394 g/mol. The van der Waals surface area contributed by atoms with Crippen LogP contribution in [0.2, 0.25) is 0 Å². The number of methoxy groups -OCH3 is 2. The highest BCUT2D eigenvalue weighted by molar-refractivity contribution is 6.05. The van der Waals surface area contributed by atoms with Gasteiger partial charge in [-0.15, -0.1) is 0 Å². The van der Waals surface area contributed by atoms with Crippen molar-refractivity contribution in [3.05, 3.63) is 53.5 Å². The normalized spacial score (nSPS) is 13.8. The molecule has 0 saturated carbocycles. The molecule has 2 heterocycles. The highest BCUT2D eigenvalue weighted by atomic mass is 16.5. The third-order valence-corrected chi connectivity index (χ3v) is 4.37. The van der Waals surface area contributed by atoms with E-state index in [2.05, 4.69) is 5.10 Å². The lowest BCUT2D eigenvalue weighted by molar-refractivity contribution is -0.140. The van der Waals surface area contributed by atoms with Crippen molar-refractivity contribution in [1.82, 2.24) is 9.78 Å². The van der Waals surface area contributed by atoms with Crippen molar-refractivity contribution in [2.45, 2.75) is 6.92 Å². The van der Waals surface area contributed by atoms with Gasteiger partial charge in [-0.25, -0.2) is 19.1 Å². The van der Waals surface area contributed by atoms with Gasteiger partial charge in [0.1, 0.15) is 12.4 Å². The van der Waals surface area contributed by atoms with Gasteiger partial charge in [-0.05, 0) is 31.2 Å². The Labute approximate surface area is 172 Å². The number of ether oxygens (including phenoxy) is 4. The molecule has 0 radical (unpaired) electrons. The number of benzene rings is 1. The minimum Gasteiger partial charge on any atom is -0.466 e. The molecule has 2 aromatic rings. The Bertz CT molecular complexity index is 982. The van der Waals surface area contributed by atoms with Gasteiger partial charge in [0.05, 0.1) is 49.9 Å². The standard InChI is InChI=1S/C20H21N3O7/c1-4-30-19(25)14-7-6-13(23-9-5-8-21-23)10-16(14)22-12-29-11-15(18(24)27-2)17(22)20(26)28-3/h5-10H,4,11-12H2,1-3H3. The first-order valence-corrected chi connectivity index (χ1v) is 9.08. The van der Waals surface area contributed by atoms with Crippen molar-refractivity contribution < 1.29 is 33.3 Å². The lowest BCUT2D eigenvalue weighted by atomic mass is 10.1. The second-order valence-electron chi connectivity index (χ2n) is 6.09. The quantitative estimate of drug-likeness (QED) is 0.511. The van der Waals surface area contributed by atoms with E-state index in [-0.39, 0.29) is 36.8 Å². The second-order valence-corrected chi connectivity index (χ2v) is 6.09. The number of hydrogen-bond acceptors (Lipinski definition) is 9. The van der Waals surface area contributed by atoms with Crippen LogP contribution in [-0.2, 0) is 28.5 Å². The van der Waals surface area contributed by atoms with E-state index in [1.54, 1.807) is 48.3 Å². The monoisotopic (exact) mass is 415 g/mol. The molecule has 3 rings (SSSR count). The Morgan fingerprint density at radius 1 is 1.13 bits per heavy atom. The van der Waals surface area contributed by atoms with E-state index in [4.69, 9.17) is 18.9 Å². The van der Waals surface area contributed by atoms with Gasteiger partial charge in [0, 0.05) is 12.4 Å². The van der Waals surface area contributed by atoms with Crippen LogP contribution >= 0.6 is 0 Å². The average Bonchev–Trinajstić information content (AvgIpc) is 3.32. The summed E-state index contributed by atoms with van der Waals surface area (Å²) >= 11 is 0. The maximum absolute atomic E-state index is 12.6. The lowest BCUT2D eigenvalue weighted by Crippen LogP contribution is -2.39. The van der Waals surface area contributed by atoms with Gasteiger partial charge >= 0.3 is 17.9 Å². The molecule has 0 atom stereocenters. The minimum absolute atomic E-state index is 0.0186. The fourth-order valence-corrected chi connectivity index (χ4v) is 3.02. The Balaban J connectivity index is 2.21. The molecule has 1 aliphatic heterocycles. The van der Waals surface area contributed by atoms with Gasteiger partial charge in [0.25, 0.3) is 0 Å². The zero-order chi connectivity index (χ0) is 21.7. The number of carbonyl (C=O) groups is 3. The van der Waals surface area contributed by atoms with Gasteiger partial charge in [0.2, 0.25) is 0 Å². The first-order chi connectivity index (χ1) is 14.5. The molecule has 0 bridgehead atoms. The summed E-state index contributed by atoms with van der Waals surface area (Å²) < 4.78 is 21.9. The number of aromatic nitrogens is 2. The number of nitrogens with zero attached hydrogens (tertiary/aromatic N) is 3. The molecule has 1 aromatic carbocycles. The van der Waals surface area contributed by atoms with Crippen molar-refractivity contribution in [2.24, 2.45) is 0 Å². The summed E-state index contributed by atoms with van der Waals surface area (Å²) in [6.07, 6.45) is 3.34. The largest absolute Gasteiger partial charge is 0.466 e. The van der Waals surface area contributed by atoms with Crippen LogP contribution in [0.15, 0.2) is 47.9 Å². The van der Waals surface area contributed by atoms with Crippen molar-refractivity contribution in [2.75, 3.05) is 39.1 Å². The second kappa shape index (κ2) is 9.23. The number of carbonyl (C=O) groups excluding carboxylic acids is 3. The van der Waals surface area contributed by atoms with Crippen LogP contribution < -0.4 is 4.90 Å². The Morgan fingerprint density at radius 3 is 2.53 bits per heavy atom. The highest BCUT2D eigenvalue weighted by Crippen LogP contribution is 2.32. The molecule has 0 spiro atoms. The van der Waals surface area contributed by atoms with E-state index < -0.39 is 17.9 Å². The zero-order valence-corrected chi connectivity index (χ0v) is 16.8. The van der Waals surface area contributed by atoms with Gasteiger partial charge in [-0.2, -0.15) is 5.10 Å². The van der Waals surface area contributed by atoms with E-state index in [9.17, 15) is 14.4 Å². The molecule has 1 aromatic heterocycles. The topological polar surface area (TPSA) is 109 Å². The molecule has 30 heavy (non-hydrogen) atoms. The molecule has 0 N–H and O–H groups in total. The summed E-state index contributed by atoms with van der Waals surface area (Å²) in [6.45, 7) is 1.62. The average molecular weight is 415 g/mol. The number of hydrogen-bond donors (Lipinski definition) is 0. The molecule has 158 valence electrons. The maximum Gasteiger partial charge on any atom is 0.355 e. The third kappa shape index (κ3) is 4.03. The van der Waals surface area contributed by atoms with Crippen LogP contribution in [0.25, 0.3) is 5.69 Å². The molecule has 0 aliphatic carbocycles. The maximum atomic E-state index is 12.6. The fraction of sp³-hybridized carbons (Fsp3) is 0.300. The van der Waals surface area contributed by atoms with Gasteiger partial charge < -0.3 is 23.8 Å². The SMILES string of the molecule is CCOC(=O)c1ccc(-n2cccn2)cc1N1COCC(C(=O)OC)=C1C(=O)OC. The summed E-state index contributed by atoms with van der Waals surface area (Å²) in [7, 11) is 2.40. The predicted octanol–water partition coefficient (Wildman–Crippen LogP) is 1.44.